The van der Waals surface area contributed by atoms with Crippen LogP contribution in [0.15, 0.2) is 18.3 Å². The Morgan fingerprint density at radius 1 is 1.28 bits per heavy atom. The molecule has 0 radical (unpaired) electrons. The minimum atomic E-state index is 0.379. The van der Waals surface area contributed by atoms with Crippen LogP contribution in [0.2, 0.25) is 0 Å². The van der Waals surface area contributed by atoms with Crippen molar-refractivity contribution in [3.63, 3.8) is 0 Å². The summed E-state index contributed by atoms with van der Waals surface area (Å²) in [6.07, 6.45) is 2.97. The highest BCUT2D eigenvalue weighted by molar-refractivity contribution is 5.91. The lowest BCUT2D eigenvalue weighted by Gasteiger charge is -2.10. The van der Waals surface area contributed by atoms with Gasteiger partial charge in [0.05, 0.1) is 5.52 Å². The summed E-state index contributed by atoms with van der Waals surface area (Å²) in [6.45, 7) is 5.33. The average Bonchev–Trinajstić information content (AvgIpc) is 2.71. The molecule has 2 aromatic rings. The van der Waals surface area contributed by atoms with Crippen molar-refractivity contribution in [2.24, 2.45) is 0 Å². The molecule has 0 spiro atoms. The highest BCUT2D eigenvalue weighted by Gasteiger charge is 2.13. The first-order valence-electron chi connectivity index (χ1n) is 6.47. The second-order valence-corrected chi connectivity index (χ2v) is 5.45. The van der Waals surface area contributed by atoms with E-state index in [1.54, 1.807) is 0 Å². The zero-order chi connectivity index (χ0) is 13.3. The molecule has 0 fully saturated rings. The van der Waals surface area contributed by atoms with Gasteiger partial charge in [0.25, 0.3) is 0 Å². The maximum absolute atomic E-state index is 10.1. The Kier molecular flexibility index (Phi) is 3.62. The fraction of sp³-hybridized carbons (Fsp3) is 0.467. The van der Waals surface area contributed by atoms with Gasteiger partial charge in [-0.2, -0.15) is 0 Å². The molecule has 0 bridgehead atoms. The number of aromatic nitrogens is 1. The second kappa shape index (κ2) is 5.02. The van der Waals surface area contributed by atoms with Crippen molar-refractivity contribution < 1.29 is 5.11 Å². The van der Waals surface area contributed by atoms with Crippen LogP contribution >= 0.6 is 0 Å². The summed E-state index contributed by atoms with van der Waals surface area (Å²) in [7, 11) is 4.13. The predicted octanol–water partition coefficient (Wildman–Crippen LogP) is 3.10. The lowest BCUT2D eigenvalue weighted by Crippen LogP contribution is -2.14. The van der Waals surface area contributed by atoms with E-state index in [-0.39, 0.29) is 0 Å². The fourth-order valence-electron chi connectivity index (χ4n) is 2.34. The number of hydrogen-bond donors (Lipinski definition) is 2. The molecule has 0 saturated heterocycles. The van der Waals surface area contributed by atoms with Gasteiger partial charge in [0.15, 0.2) is 0 Å². The van der Waals surface area contributed by atoms with Crippen LogP contribution in [-0.2, 0) is 6.42 Å². The summed E-state index contributed by atoms with van der Waals surface area (Å²) < 4.78 is 0. The number of H-pyrrole nitrogens is 1. The number of benzene rings is 1. The largest absolute Gasteiger partial charge is 0.507 e. The number of phenols is 1. The van der Waals surface area contributed by atoms with Gasteiger partial charge in [0.1, 0.15) is 5.75 Å². The summed E-state index contributed by atoms with van der Waals surface area (Å²) >= 11 is 0. The first-order valence-corrected chi connectivity index (χ1v) is 6.47. The van der Waals surface area contributed by atoms with Crippen LogP contribution in [0.3, 0.4) is 0 Å². The number of nitrogens with zero attached hydrogens (tertiary/aromatic N) is 1. The third-order valence-corrected chi connectivity index (χ3v) is 3.38. The number of likely N-dealkylation sites (N-methyl/N-ethyl adjacent to an activating group) is 1. The van der Waals surface area contributed by atoms with Gasteiger partial charge in [0, 0.05) is 18.1 Å². The molecular weight excluding hydrogens is 224 g/mol. The summed E-state index contributed by atoms with van der Waals surface area (Å²) in [5, 5.41) is 11.1. The van der Waals surface area contributed by atoms with Gasteiger partial charge in [-0.25, -0.2) is 0 Å². The van der Waals surface area contributed by atoms with Crippen molar-refractivity contribution >= 4 is 10.9 Å². The standard InChI is InChI=1S/C15H22N2O/c1-10(2)12-5-6-13(18)14-11(7-8-17(3)4)9-16-15(12)14/h5-6,9-10,16,18H,7-8H2,1-4H3. The number of aromatic amines is 1. The molecule has 3 nitrogen and oxygen atoms in total. The third-order valence-electron chi connectivity index (χ3n) is 3.38. The molecule has 0 amide bonds. The van der Waals surface area contributed by atoms with Crippen LogP contribution in [0, 0.1) is 0 Å². The van der Waals surface area contributed by atoms with E-state index in [4.69, 9.17) is 0 Å². The minimum absolute atomic E-state index is 0.379. The normalized spacial score (nSPS) is 11.9. The molecule has 0 aliphatic rings. The zero-order valence-electron chi connectivity index (χ0n) is 11.6. The summed E-state index contributed by atoms with van der Waals surface area (Å²) in [5.41, 5.74) is 3.54. The number of fused-ring (bicyclic) bond motifs is 1. The van der Waals surface area contributed by atoms with E-state index in [0.29, 0.717) is 11.7 Å². The predicted molar refractivity (Wildman–Crippen MR) is 76.3 cm³/mol. The Morgan fingerprint density at radius 2 is 2.00 bits per heavy atom. The quantitative estimate of drug-likeness (QED) is 0.870. The molecule has 3 heteroatoms. The van der Waals surface area contributed by atoms with Crippen molar-refractivity contribution in [3.8, 4) is 5.75 Å². The Balaban J connectivity index is 2.48. The van der Waals surface area contributed by atoms with Crippen molar-refractivity contribution in [2.75, 3.05) is 20.6 Å². The fourth-order valence-corrected chi connectivity index (χ4v) is 2.34. The first kappa shape index (κ1) is 13.0. The molecule has 0 aliphatic heterocycles. The molecule has 0 atom stereocenters. The number of hydrogen-bond acceptors (Lipinski definition) is 2. The smallest absolute Gasteiger partial charge is 0.125 e. The Bertz CT molecular complexity index is 541. The lowest BCUT2D eigenvalue weighted by molar-refractivity contribution is 0.414. The maximum atomic E-state index is 10.1. The summed E-state index contributed by atoms with van der Waals surface area (Å²) in [5.74, 6) is 0.831. The van der Waals surface area contributed by atoms with E-state index in [1.165, 1.54) is 11.1 Å². The number of rotatable bonds is 4. The molecule has 18 heavy (non-hydrogen) atoms. The number of nitrogens with one attached hydrogen (secondary N) is 1. The highest BCUT2D eigenvalue weighted by atomic mass is 16.3. The van der Waals surface area contributed by atoms with Crippen LogP contribution in [0.25, 0.3) is 10.9 Å². The molecule has 0 aliphatic carbocycles. The molecular formula is C15H22N2O. The van der Waals surface area contributed by atoms with Gasteiger partial charge < -0.3 is 15.0 Å². The number of aromatic hydroxyl groups is 1. The highest BCUT2D eigenvalue weighted by Crippen LogP contribution is 2.33. The molecule has 1 heterocycles. The van der Waals surface area contributed by atoms with Gasteiger partial charge in [-0.15, -0.1) is 0 Å². The minimum Gasteiger partial charge on any atom is -0.507 e. The average molecular weight is 246 g/mol. The van der Waals surface area contributed by atoms with Gasteiger partial charge >= 0.3 is 0 Å². The molecule has 2 rings (SSSR count). The van der Waals surface area contributed by atoms with Crippen LogP contribution in [-0.4, -0.2) is 35.6 Å². The first-order chi connectivity index (χ1) is 8.50. The molecule has 1 aromatic heterocycles. The molecule has 1 aromatic carbocycles. The Morgan fingerprint density at radius 3 is 2.61 bits per heavy atom. The monoisotopic (exact) mass is 246 g/mol. The molecule has 2 N–H and O–H groups in total. The maximum Gasteiger partial charge on any atom is 0.125 e. The summed E-state index contributed by atoms with van der Waals surface area (Å²) in [4.78, 5) is 5.48. The molecule has 0 saturated carbocycles. The molecule has 0 unspecified atom stereocenters. The van der Waals surface area contributed by atoms with Crippen LogP contribution in [0.4, 0.5) is 0 Å². The van der Waals surface area contributed by atoms with Gasteiger partial charge in [-0.05, 0) is 43.6 Å². The van der Waals surface area contributed by atoms with Gasteiger partial charge in [-0.1, -0.05) is 19.9 Å². The van der Waals surface area contributed by atoms with Crippen molar-refractivity contribution in [1.82, 2.24) is 9.88 Å². The second-order valence-electron chi connectivity index (χ2n) is 5.45. The SMILES string of the molecule is CC(C)c1ccc(O)c2c(CCN(C)C)c[nH]c12. The third kappa shape index (κ3) is 2.36. The van der Waals surface area contributed by atoms with Crippen molar-refractivity contribution in [2.45, 2.75) is 26.2 Å². The molecule has 98 valence electrons. The number of phenolic OH excluding ortho intramolecular Hbond substituents is 1. The Hall–Kier alpha value is -1.48. The van der Waals surface area contributed by atoms with E-state index < -0.39 is 0 Å². The van der Waals surface area contributed by atoms with Crippen molar-refractivity contribution in [3.05, 3.63) is 29.5 Å². The van der Waals surface area contributed by atoms with E-state index in [2.05, 4.69) is 37.8 Å². The van der Waals surface area contributed by atoms with E-state index in [0.717, 1.165) is 23.9 Å². The van der Waals surface area contributed by atoms with E-state index in [9.17, 15) is 5.11 Å². The van der Waals surface area contributed by atoms with E-state index in [1.807, 2.05) is 18.3 Å². The summed E-state index contributed by atoms with van der Waals surface area (Å²) in [6, 6.07) is 3.82. The van der Waals surface area contributed by atoms with Gasteiger partial charge in [-0.3, -0.25) is 0 Å². The van der Waals surface area contributed by atoms with Crippen LogP contribution < -0.4 is 0 Å². The Labute approximate surface area is 108 Å². The van der Waals surface area contributed by atoms with E-state index >= 15 is 0 Å². The van der Waals surface area contributed by atoms with Crippen molar-refractivity contribution in [1.29, 1.82) is 0 Å². The zero-order valence-corrected chi connectivity index (χ0v) is 11.6. The van der Waals surface area contributed by atoms with Gasteiger partial charge in [0.2, 0.25) is 0 Å². The van der Waals surface area contributed by atoms with Crippen LogP contribution in [0.5, 0.6) is 5.75 Å². The topological polar surface area (TPSA) is 39.3 Å². The van der Waals surface area contributed by atoms with Crippen LogP contribution in [0.1, 0.15) is 30.9 Å². The lowest BCUT2D eigenvalue weighted by atomic mass is 9.98.